The number of methoxy groups -OCH3 is 1. The van der Waals surface area contributed by atoms with Crippen molar-refractivity contribution in [2.45, 2.75) is 13.1 Å². The van der Waals surface area contributed by atoms with E-state index in [4.69, 9.17) is 9.72 Å². The quantitative estimate of drug-likeness (QED) is 0.366. The summed E-state index contributed by atoms with van der Waals surface area (Å²) in [6, 6.07) is 19.2. The minimum absolute atomic E-state index is 0.0553. The number of nitrogens with zero attached hydrogens (tertiary/aromatic N) is 4. The lowest BCUT2D eigenvalue weighted by atomic mass is 10.2. The maximum atomic E-state index is 12.5. The van der Waals surface area contributed by atoms with Crippen molar-refractivity contribution in [1.82, 2.24) is 9.55 Å². The molecule has 1 aliphatic rings. The van der Waals surface area contributed by atoms with Gasteiger partial charge in [0.25, 0.3) is 11.6 Å². The number of hydrogen-bond acceptors (Lipinski definition) is 6. The molecule has 0 saturated carbocycles. The lowest BCUT2D eigenvalue weighted by molar-refractivity contribution is -0.384. The van der Waals surface area contributed by atoms with Crippen LogP contribution in [0.4, 0.5) is 17.1 Å². The van der Waals surface area contributed by atoms with E-state index in [0.717, 1.165) is 41.4 Å². The molecule has 4 aromatic rings. The fourth-order valence-electron chi connectivity index (χ4n) is 4.05. The Morgan fingerprint density at radius 2 is 1.82 bits per heavy atom. The molecule has 2 heterocycles. The third-order valence-electron chi connectivity index (χ3n) is 5.79. The summed E-state index contributed by atoms with van der Waals surface area (Å²) < 4.78 is 7.45. The fourth-order valence-corrected chi connectivity index (χ4v) is 4.05. The fraction of sp³-hybridized carbons (Fsp3) is 0.167. The number of hydrogen-bond donors (Lipinski definition) is 1. The number of rotatable bonds is 5. The van der Waals surface area contributed by atoms with E-state index in [1.807, 2.05) is 42.5 Å². The molecule has 1 amide bonds. The van der Waals surface area contributed by atoms with Gasteiger partial charge in [0.2, 0.25) is 0 Å². The lowest BCUT2D eigenvalue weighted by Gasteiger charge is -2.30. The Morgan fingerprint density at radius 3 is 2.52 bits per heavy atom. The highest BCUT2D eigenvalue weighted by Crippen LogP contribution is 2.27. The van der Waals surface area contributed by atoms with E-state index in [0.29, 0.717) is 17.8 Å². The first-order valence-corrected chi connectivity index (χ1v) is 10.5. The highest BCUT2D eigenvalue weighted by Gasteiger charge is 2.21. The Morgan fingerprint density at radius 1 is 1.06 bits per heavy atom. The van der Waals surface area contributed by atoms with Gasteiger partial charge in [0.1, 0.15) is 11.6 Å². The number of carbonyl (C=O) groups excluding carboxylic acids is 1. The number of ether oxygens (including phenoxy) is 1. The summed E-state index contributed by atoms with van der Waals surface area (Å²) in [5.74, 6) is 1.45. The van der Waals surface area contributed by atoms with Gasteiger partial charge in [-0.2, -0.15) is 0 Å². The minimum atomic E-state index is -0.494. The highest BCUT2D eigenvalue weighted by atomic mass is 16.6. The second kappa shape index (κ2) is 8.27. The van der Waals surface area contributed by atoms with Crippen molar-refractivity contribution in [3.05, 3.63) is 88.2 Å². The van der Waals surface area contributed by atoms with Crippen LogP contribution in [-0.2, 0) is 13.1 Å². The Balaban J connectivity index is 1.34. The number of amides is 1. The molecule has 166 valence electrons. The molecule has 33 heavy (non-hydrogen) atoms. The van der Waals surface area contributed by atoms with Crippen LogP contribution in [0.3, 0.4) is 0 Å². The van der Waals surface area contributed by atoms with Gasteiger partial charge in [0.15, 0.2) is 0 Å². The molecule has 0 bridgehead atoms. The molecule has 0 radical (unpaired) electrons. The standard InChI is InChI=1S/C24H21N5O4/c1-33-20-9-7-18(8-10-20)27-12-13-28-22-11-4-17(14-21(22)26-23(28)15-27)25-24(30)16-2-5-19(6-3-16)29(31)32/h2-11,14H,12-13,15H2,1H3,(H,25,30). The number of imidazole rings is 1. The molecule has 0 unspecified atom stereocenters. The average Bonchev–Trinajstić information content (AvgIpc) is 3.21. The van der Waals surface area contributed by atoms with Gasteiger partial charge < -0.3 is 19.5 Å². The van der Waals surface area contributed by atoms with Gasteiger partial charge in [-0.1, -0.05) is 0 Å². The third-order valence-corrected chi connectivity index (χ3v) is 5.79. The summed E-state index contributed by atoms with van der Waals surface area (Å²) in [5, 5.41) is 13.6. The Labute approximate surface area is 189 Å². The molecule has 1 N–H and O–H groups in total. The molecule has 0 spiro atoms. The maximum Gasteiger partial charge on any atom is 0.269 e. The smallest absolute Gasteiger partial charge is 0.269 e. The van der Waals surface area contributed by atoms with Crippen molar-refractivity contribution in [3.8, 4) is 5.75 Å². The van der Waals surface area contributed by atoms with Crippen LogP contribution in [0.5, 0.6) is 5.75 Å². The molecule has 9 nitrogen and oxygen atoms in total. The van der Waals surface area contributed by atoms with Crippen LogP contribution in [-0.4, -0.2) is 34.0 Å². The number of benzene rings is 3. The first-order chi connectivity index (χ1) is 16.0. The average molecular weight is 443 g/mol. The number of fused-ring (bicyclic) bond motifs is 3. The van der Waals surface area contributed by atoms with Crippen molar-refractivity contribution < 1.29 is 14.5 Å². The van der Waals surface area contributed by atoms with E-state index in [1.165, 1.54) is 24.3 Å². The molecule has 0 fully saturated rings. The van der Waals surface area contributed by atoms with Crippen LogP contribution >= 0.6 is 0 Å². The van der Waals surface area contributed by atoms with Crippen molar-refractivity contribution >= 4 is 34.0 Å². The van der Waals surface area contributed by atoms with Crippen molar-refractivity contribution in [2.75, 3.05) is 23.9 Å². The second-order valence-corrected chi connectivity index (χ2v) is 7.76. The van der Waals surface area contributed by atoms with E-state index in [1.54, 1.807) is 7.11 Å². The number of nitro groups is 1. The van der Waals surface area contributed by atoms with Gasteiger partial charge in [-0.25, -0.2) is 4.98 Å². The van der Waals surface area contributed by atoms with Gasteiger partial charge in [-0.05, 0) is 54.6 Å². The molecular weight excluding hydrogens is 422 g/mol. The predicted octanol–water partition coefficient (Wildman–Crippen LogP) is 4.23. The number of nitrogens with one attached hydrogen (secondary N) is 1. The number of anilines is 2. The van der Waals surface area contributed by atoms with E-state index in [9.17, 15) is 14.9 Å². The molecule has 0 aliphatic carbocycles. The van der Waals surface area contributed by atoms with Crippen LogP contribution in [0, 0.1) is 10.1 Å². The predicted molar refractivity (Wildman–Crippen MR) is 125 cm³/mol. The van der Waals surface area contributed by atoms with Crippen LogP contribution < -0.4 is 15.0 Å². The first-order valence-electron chi connectivity index (χ1n) is 10.5. The van der Waals surface area contributed by atoms with Gasteiger partial charge in [0, 0.05) is 42.2 Å². The summed E-state index contributed by atoms with van der Waals surface area (Å²) >= 11 is 0. The molecule has 3 aromatic carbocycles. The van der Waals surface area contributed by atoms with Crippen molar-refractivity contribution in [3.63, 3.8) is 0 Å². The van der Waals surface area contributed by atoms with Crippen LogP contribution in [0.1, 0.15) is 16.2 Å². The third kappa shape index (κ3) is 3.96. The zero-order valence-electron chi connectivity index (χ0n) is 17.9. The summed E-state index contributed by atoms with van der Waals surface area (Å²) in [6.45, 7) is 2.36. The monoisotopic (exact) mass is 443 g/mol. The van der Waals surface area contributed by atoms with E-state index < -0.39 is 4.92 Å². The number of aromatic nitrogens is 2. The van der Waals surface area contributed by atoms with E-state index in [2.05, 4.69) is 14.8 Å². The molecule has 0 atom stereocenters. The zero-order chi connectivity index (χ0) is 22.9. The molecule has 0 saturated heterocycles. The van der Waals surface area contributed by atoms with Crippen molar-refractivity contribution in [1.29, 1.82) is 0 Å². The molecule has 1 aromatic heterocycles. The van der Waals surface area contributed by atoms with Crippen molar-refractivity contribution in [2.24, 2.45) is 0 Å². The summed E-state index contributed by atoms with van der Waals surface area (Å²) in [7, 11) is 1.65. The van der Waals surface area contributed by atoms with Gasteiger partial charge in [-0.15, -0.1) is 0 Å². The summed E-state index contributed by atoms with van der Waals surface area (Å²) in [4.78, 5) is 29.9. The van der Waals surface area contributed by atoms with Gasteiger partial charge >= 0.3 is 0 Å². The largest absolute Gasteiger partial charge is 0.497 e. The van der Waals surface area contributed by atoms with Gasteiger partial charge in [-0.3, -0.25) is 14.9 Å². The SMILES string of the molecule is COc1ccc(N2CCn3c(nc4cc(NC(=O)c5ccc([N+](=O)[O-])cc5)ccc43)C2)cc1. The first kappa shape index (κ1) is 20.5. The molecule has 1 aliphatic heterocycles. The Bertz CT molecular complexity index is 1350. The Hall–Kier alpha value is -4.40. The minimum Gasteiger partial charge on any atom is -0.497 e. The number of carbonyl (C=O) groups is 1. The molecule has 9 heteroatoms. The number of non-ortho nitro benzene ring substituents is 1. The lowest BCUT2D eigenvalue weighted by Crippen LogP contribution is -2.33. The molecular formula is C24H21N5O4. The van der Waals surface area contributed by atoms with Gasteiger partial charge in [0.05, 0.1) is 29.6 Å². The van der Waals surface area contributed by atoms with Crippen LogP contribution in [0.25, 0.3) is 11.0 Å². The summed E-state index contributed by atoms with van der Waals surface area (Å²) in [5.41, 5.74) is 3.86. The zero-order valence-corrected chi connectivity index (χ0v) is 17.9. The summed E-state index contributed by atoms with van der Waals surface area (Å²) in [6.07, 6.45) is 0. The number of nitro benzene ring substituents is 1. The normalized spacial score (nSPS) is 12.9. The molecule has 5 rings (SSSR count). The Kier molecular flexibility index (Phi) is 5.14. The van der Waals surface area contributed by atoms with Crippen LogP contribution in [0.15, 0.2) is 66.7 Å². The van der Waals surface area contributed by atoms with E-state index >= 15 is 0 Å². The van der Waals surface area contributed by atoms with Crippen LogP contribution in [0.2, 0.25) is 0 Å². The topological polar surface area (TPSA) is 103 Å². The maximum absolute atomic E-state index is 12.5. The second-order valence-electron chi connectivity index (χ2n) is 7.76. The highest BCUT2D eigenvalue weighted by molar-refractivity contribution is 6.05. The van der Waals surface area contributed by atoms with E-state index in [-0.39, 0.29) is 11.6 Å².